The van der Waals surface area contributed by atoms with Crippen molar-refractivity contribution in [3.63, 3.8) is 0 Å². The summed E-state index contributed by atoms with van der Waals surface area (Å²) in [6.45, 7) is 1.72. The predicted octanol–water partition coefficient (Wildman–Crippen LogP) is 3.81. The van der Waals surface area contributed by atoms with Gasteiger partial charge in [0.25, 0.3) is 5.91 Å². The van der Waals surface area contributed by atoms with E-state index in [1.54, 1.807) is 23.9 Å². The van der Waals surface area contributed by atoms with Crippen LogP contribution in [0.3, 0.4) is 0 Å². The highest BCUT2D eigenvalue weighted by Crippen LogP contribution is 2.24. The Morgan fingerprint density at radius 3 is 2.46 bits per heavy atom. The molecule has 1 heterocycles. The molecule has 0 saturated carbocycles. The number of benzene rings is 2. The van der Waals surface area contributed by atoms with Crippen LogP contribution < -0.4 is 5.32 Å². The normalized spacial score (nSPS) is 12.8. The molecular formula is C21H20ClN3O3. The average molecular weight is 398 g/mol. The van der Waals surface area contributed by atoms with Gasteiger partial charge in [-0.05, 0) is 24.6 Å². The molecule has 1 amide bonds. The van der Waals surface area contributed by atoms with Crippen molar-refractivity contribution in [2.45, 2.75) is 13.0 Å². The number of rotatable bonds is 6. The highest BCUT2D eigenvalue weighted by atomic mass is 35.5. The summed E-state index contributed by atoms with van der Waals surface area (Å²) in [7, 11) is 1.33. The zero-order valence-corrected chi connectivity index (χ0v) is 16.3. The van der Waals surface area contributed by atoms with E-state index in [-0.39, 0.29) is 5.91 Å². The first-order valence-corrected chi connectivity index (χ1v) is 9.12. The third kappa shape index (κ3) is 4.23. The number of amides is 1. The van der Waals surface area contributed by atoms with E-state index in [1.807, 2.05) is 48.5 Å². The monoisotopic (exact) mass is 397 g/mol. The number of methoxy groups -OCH3 is 1. The highest BCUT2D eigenvalue weighted by Gasteiger charge is 2.28. The molecule has 3 aromatic rings. The van der Waals surface area contributed by atoms with Crippen molar-refractivity contribution >= 4 is 23.5 Å². The maximum absolute atomic E-state index is 12.8. The average Bonchev–Trinajstić information content (AvgIpc) is 3.22. The zero-order valence-electron chi connectivity index (χ0n) is 15.5. The van der Waals surface area contributed by atoms with Gasteiger partial charge in [-0.3, -0.25) is 9.59 Å². The molecule has 0 aliphatic carbocycles. The van der Waals surface area contributed by atoms with Crippen LogP contribution in [-0.2, 0) is 9.53 Å². The second kappa shape index (κ2) is 8.71. The van der Waals surface area contributed by atoms with Gasteiger partial charge in [0, 0.05) is 6.20 Å². The molecule has 3 rings (SSSR count). The summed E-state index contributed by atoms with van der Waals surface area (Å²) in [4.78, 5) is 24.9. The summed E-state index contributed by atoms with van der Waals surface area (Å²) in [5.74, 6) is -1.31. The second-order valence-electron chi connectivity index (χ2n) is 6.30. The first-order chi connectivity index (χ1) is 13.5. The SMILES string of the molecule is COC(=O)[C@H](C)[C@@H](NC(=O)c1cnn(-c2ccccc2Cl)c1)c1ccccc1. The van der Waals surface area contributed by atoms with Crippen LogP contribution in [0.25, 0.3) is 5.69 Å². The lowest BCUT2D eigenvalue weighted by atomic mass is 9.94. The molecule has 0 fully saturated rings. The van der Waals surface area contributed by atoms with Crippen LogP contribution in [0.4, 0.5) is 0 Å². The van der Waals surface area contributed by atoms with Crippen LogP contribution in [0, 0.1) is 5.92 Å². The molecule has 0 unspecified atom stereocenters. The van der Waals surface area contributed by atoms with Gasteiger partial charge in [0.05, 0.1) is 41.5 Å². The number of nitrogens with one attached hydrogen (secondary N) is 1. The molecule has 0 bridgehead atoms. The number of carbonyl (C=O) groups is 2. The Balaban J connectivity index is 1.85. The number of hydrogen-bond donors (Lipinski definition) is 1. The molecule has 0 saturated heterocycles. The fourth-order valence-electron chi connectivity index (χ4n) is 2.91. The third-order valence-electron chi connectivity index (χ3n) is 4.46. The number of halogens is 1. The van der Waals surface area contributed by atoms with E-state index in [1.165, 1.54) is 13.3 Å². The van der Waals surface area contributed by atoms with Crippen LogP contribution in [0.2, 0.25) is 5.02 Å². The van der Waals surface area contributed by atoms with Gasteiger partial charge in [-0.2, -0.15) is 5.10 Å². The second-order valence-corrected chi connectivity index (χ2v) is 6.71. The van der Waals surface area contributed by atoms with Crippen molar-refractivity contribution < 1.29 is 14.3 Å². The summed E-state index contributed by atoms with van der Waals surface area (Å²) in [6, 6.07) is 16.0. The Morgan fingerprint density at radius 2 is 1.79 bits per heavy atom. The first kappa shape index (κ1) is 19.6. The van der Waals surface area contributed by atoms with Gasteiger partial charge in [-0.25, -0.2) is 4.68 Å². The Labute approximate surface area is 168 Å². The quantitative estimate of drug-likeness (QED) is 0.642. The predicted molar refractivity (Wildman–Crippen MR) is 106 cm³/mol. The van der Waals surface area contributed by atoms with Crippen LogP contribution in [0.15, 0.2) is 67.0 Å². The van der Waals surface area contributed by atoms with Crippen molar-refractivity contribution in [3.05, 3.63) is 83.1 Å². The van der Waals surface area contributed by atoms with Crippen molar-refractivity contribution in [1.82, 2.24) is 15.1 Å². The summed E-state index contributed by atoms with van der Waals surface area (Å²) in [6.07, 6.45) is 3.06. The van der Waals surface area contributed by atoms with E-state index in [0.29, 0.717) is 16.3 Å². The van der Waals surface area contributed by atoms with Crippen LogP contribution in [0.5, 0.6) is 0 Å². The fraction of sp³-hybridized carbons (Fsp3) is 0.190. The Kier molecular flexibility index (Phi) is 6.11. The van der Waals surface area contributed by atoms with Gasteiger partial charge in [-0.1, -0.05) is 54.1 Å². The number of carbonyl (C=O) groups excluding carboxylic acids is 2. The molecule has 0 aliphatic rings. The van der Waals surface area contributed by atoms with Gasteiger partial charge in [-0.15, -0.1) is 0 Å². The molecule has 6 nitrogen and oxygen atoms in total. The number of aromatic nitrogens is 2. The molecule has 144 valence electrons. The van der Waals surface area contributed by atoms with E-state index in [0.717, 1.165) is 5.56 Å². The standard InChI is InChI=1S/C21H20ClN3O3/c1-14(21(27)28-2)19(15-8-4-3-5-9-15)24-20(26)16-12-23-25(13-16)18-11-7-6-10-17(18)22/h3-14,19H,1-2H3,(H,24,26)/t14-,19-/m1/s1. The molecule has 0 aliphatic heterocycles. The van der Waals surface area contributed by atoms with Gasteiger partial charge in [0.2, 0.25) is 0 Å². The van der Waals surface area contributed by atoms with E-state index in [4.69, 9.17) is 16.3 Å². The van der Waals surface area contributed by atoms with Crippen LogP contribution in [0.1, 0.15) is 28.9 Å². The maximum atomic E-state index is 12.8. The Hall–Kier alpha value is -3.12. The first-order valence-electron chi connectivity index (χ1n) is 8.74. The summed E-state index contributed by atoms with van der Waals surface area (Å²) >= 11 is 6.19. The molecule has 2 atom stereocenters. The van der Waals surface area contributed by atoms with Gasteiger partial charge < -0.3 is 10.1 Å². The smallest absolute Gasteiger partial charge is 0.310 e. The molecule has 1 aromatic heterocycles. The molecular weight excluding hydrogens is 378 g/mol. The molecule has 1 N–H and O–H groups in total. The lowest BCUT2D eigenvalue weighted by molar-refractivity contribution is -0.145. The van der Waals surface area contributed by atoms with Crippen molar-refractivity contribution in [2.75, 3.05) is 7.11 Å². The van der Waals surface area contributed by atoms with Crippen molar-refractivity contribution in [3.8, 4) is 5.69 Å². The minimum Gasteiger partial charge on any atom is -0.469 e. The van der Waals surface area contributed by atoms with E-state index in [9.17, 15) is 9.59 Å². The topological polar surface area (TPSA) is 73.2 Å². The van der Waals surface area contributed by atoms with Crippen molar-refractivity contribution in [1.29, 1.82) is 0 Å². The van der Waals surface area contributed by atoms with E-state index >= 15 is 0 Å². The van der Waals surface area contributed by atoms with E-state index in [2.05, 4.69) is 10.4 Å². The van der Waals surface area contributed by atoms with Crippen LogP contribution in [-0.4, -0.2) is 28.8 Å². The third-order valence-corrected chi connectivity index (χ3v) is 4.78. The Morgan fingerprint density at radius 1 is 1.11 bits per heavy atom. The molecule has 0 spiro atoms. The Bertz CT molecular complexity index is 972. The molecule has 0 radical (unpaired) electrons. The van der Waals surface area contributed by atoms with Gasteiger partial charge in [0.15, 0.2) is 0 Å². The number of esters is 1. The van der Waals surface area contributed by atoms with Gasteiger partial charge in [0.1, 0.15) is 0 Å². The molecule has 2 aromatic carbocycles. The largest absolute Gasteiger partial charge is 0.469 e. The molecule has 28 heavy (non-hydrogen) atoms. The number of hydrogen-bond acceptors (Lipinski definition) is 4. The lowest BCUT2D eigenvalue weighted by Gasteiger charge is -2.23. The highest BCUT2D eigenvalue weighted by molar-refractivity contribution is 6.32. The maximum Gasteiger partial charge on any atom is 0.310 e. The number of para-hydroxylation sites is 1. The molecule has 7 heteroatoms. The minimum atomic E-state index is -0.560. The fourth-order valence-corrected chi connectivity index (χ4v) is 3.14. The van der Waals surface area contributed by atoms with E-state index < -0.39 is 17.9 Å². The van der Waals surface area contributed by atoms with Crippen LogP contribution >= 0.6 is 11.6 Å². The van der Waals surface area contributed by atoms with Crippen molar-refractivity contribution in [2.24, 2.45) is 5.92 Å². The minimum absolute atomic E-state index is 0.345. The lowest BCUT2D eigenvalue weighted by Crippen LogP contribution is -2.36. The van der Waals surface area contributed by atoms with Gasteiger partial charge >= 0.3 is 5.97 Å². The summed E-state index contributed by atoms with van der Waals surface area (Å²) in [5.41, 5.74) is 1.84. The number of ether oxygens (including phenoxy) is 1. The summed E-state index contributed by atoms with van der Waals surface area (Å²) < 4.78 is 6.40. The number of nitrogens with zero attached hydrogens (tertiary/aromatic N) is 2. The summed E-state index contributed by atoms with van der Waals surface area (Å²) in [5, 5.41) is 7.67. The zero-order chi connectivity index (χ0) is 20.1.